The van der Waals surface area contributed by atoms with Gasteiger partial charge in [-0.05, 0) is 29.7 Å². The Morgan fingerprint density at radius 2 is 1.76 bits per heavy atom. The van der Waals surface area contributed by atoms with Crippen LogP contribution in [0.15, 0.2) is 59.1 Å². The summed E-state index contributed by atoms with van der Waals surface area (Å²) < 4.78 is 1.08. The van der Waals surface area contributed by atoms with Crippen LogP contribution in [-0.2, 0) is 6.42 Å². The molecule has 1 atom stereocenters. The van der Waals surface area contributed by atoms with Gasteiger partial charge < -0.3 is 5.11 Å². The third kappa shape index (κ3) is 3.42. The molecule has 2 heteroatoms. The molecule has 1 unspecified atom stereocenters. The van der Waals surface area contributed by atoms with E-state index in [1.165, 1.54) is 11.1 Å². The van der Waals surface area contributed by atoms with Crippen molar-refractivity contribution in [2.24, 2.45) is 0 Å². The molecule has 0 fully saturated rings. The summed E-state index contributed by atoms with van der Waals surface area (Å²) in [7, 11) is 0. The lowest BCUT2D eigenvalue weighted by molar-refractivity contribution is 0.264. The number of hydrogen-bond donors (Lipinski definition) is 1. The predicted molar refractivity (Wildman–Crippen MR) is 74.1 cm³/mol. The fourth-order valence-corrected chi connectivity index (χ4v) is 2.41. The van der Waals surface area contributed by atoms with Crippen molar-refractivity contribution < 1.29 is 5.11 Å². The van der Waals surface area contributed by atoms with E-state index in [4.69, 9.17) is 0 Å². The Hall–Kier alpha value is -1.12. The van der Waals surface area contributed by atoms with Gasteiger partial charge in [-0.3, -0.25) is 0 Å². The molecular weight excluding hydrogens is 276 g/mol. The number of aliphatic hydroxyl groups is 1. The Morgan fingerprint density at radius 1 is 1.00 bits per heavy atom. The van der Waals surface area contributed by atoms with E-state index >= 15 is 0 Å². The smallest absolute Gasteiger partial charge is 0.0502 e. The number of hydrogen-bond acceptors (Lipinski definition) is 1. The number of halogens is 1. The highest BCUT2D eigenvalue weighted by Gasteiger charge is 2.10. The van der Waals surface area contributed by atoms with Gasteiger partial charge in [-0.2, -0.15) is 0 Å². The molecular formula is C15H15BrO. The summed E-state index contributed by atoms with van der Waals surface area (Å²) in [6, 6.07) is 18.4. The zero-order valence-corrected chi connectivity index (χ0v) is 11.1. The lowest BCUT2D eigenvalue weighted by Crippen LogP contribution is -2.07. The van der Waals surface area contributed by atoms with Crippen LogP contribution in [0.3, 0.4) is 0 Å². The fraction of sp³-hybridized carbons (Fsp3) is 0.200. The standard InChI is InChI=1S/C15H15BrO/c16-15-8-4-5-12(10-15)9-14(11-17)13-6-2-1-3-7-13/h1-8,10,14,17H,9,11H2. The normalized spacial score (nSPS) is 12.4. The van der Waals surface area contributed by atoms with Gasteiger partial charge in [0.25, 0.3) is 0 Å². The van der Waals surface area contributed by atoms with Gasteiger partial charge >= 0.3 is 0 Å². The third-order valence-corrected chi connectivity index (χ3v) is 3.36. The zero-order valence-electron chi connectivity index (χ0n) is 9.51. The van der Waals surface area contributed by atoms with Gasteiger partial charge in [0.1, 0.15) is 0 Å². The van der Waals surface area contributed by atoms with Crippen molar-refractivity contribution in [1.29, 1.82) is 0 Å². The molecule has 2 aromatic carbocycles. The second kappa shape index (κ2) is 5.99. The molecule has 0 saturated heterocycles. The van der Waals surface area contributed by atoms with Crippen LogP contribution in [0.2, 0.25) is 0 Å². The van der Waals surface area contributed by atoms with Crippen molar-refractivity contribution in [3.05, 3.63) is 70.2 Å². The van der Waals surface area contributed by atoms with E-state index < -0.39 is 0 Å². The summed E-state index contributed by atoms with van der Waals surface area (Å²) in [5.74, 6) is 0.172. The molecule has 1 N–H and O–H groups in total. The maximum Gasteiger partial charge on any atom is 0.0502 e. The van der Waals surface area contributed by atoms with Gasteiger partial charge in [-0.25, -0.2) is 0 Å². The second-order valence-electron chi connectivity index (χ2n) is 4.12. The van der Waals surface area contributed by atoms with Crippen LogP contribution in [0.25, 0.3) is 0 Å². The average Bonchev–Trinajstić information content (AvgIpc) is 2.37. The van der Waals surface area contributed by atoms with E-state index in [1.807, 2.05) is 30.3 Å². The van der Waals surface area contributed by atoms with Gasteiger partial charge in [0, 0.05) is 10.4 Å². The number of benzene rings is 2. The Balaban J connectivity index is 2.16. The molecule has 0 amide bonds. The molecule has 88 valence electrons. The van der Waals surface area contributed by atoms with E-state index in [0.717, 1.165) is 10.9 Å². The quantitative estimate of drug-likeness (QED) is 0.909. The van der Waals surface area contributed by atoms with Crippen molar-refractivity contribution in [1.82, 2.24) is 0 Å². The summed E-state index contributed by atoms with van der Waals surface area (Å²) in [4.78, 5) is 0. The van der Waals surface area contributed by atoms with Crippen molar-refractivity contribution in [2.75, 3.05) is 6.61 Å². The van der Waals surface area contributed by atoms with Gasteiger partial charge in [0.05, 0.1) is 6.61 Å². The molecule has 0 radical (unpaired) electrons. The van der Waals surface area contributed by atoms with Gasteiger partial charge in [-0.1, -0.05) is 58.4 Å². The molecule has 0 saturated carbocycles. The number of aliphatic hydroxyl groups excluding tert-OH is 1. The molecule has 0 aliphatic heterocycles. The first-order chi connectivity index (χ1) is 8.29. The van der Waals surface area contributed by atoms with Crippen LogP contribution in [-0.4, -0.2) is 11.7 Å². The van der Waals surface area contributed by atoms with Gasteiger partial charge in [0.15, 0.2) is 0 Å². The fourth-order valence-electron chi connectivity index (χ4n) is 1.96. The molecule has 0 aromatic heterocycles. The van der Waals surface area contributed by atoms with Crippen molar-refractivity contribution in [3.8, 4) is 0 Å². The average molecular weight is 291 g/mol. The van der Waals surface area contributed by atoms with Gasteiger partial charge in [0.2, 0.25) is 0 Å². The molecule has 0 heterocycles. The maximum atomic E-state index is 9.50. The lowest BCUT2D eigenvalue weighted by Gasteiger charge is -2.14. The highest BCUT2D eigenvalue weighted by molar-refractivity contribution is 9.10. The Kier molecular flexibility index (Phi) is 4.35. The third-order valence-electron chi connectivity index (χ3n) is 2.86. The van der Waals surface area contributed by atoms with Crippen LogP contribution < -0.4 is 0 Å². The zero-order chi connectivity index (χ0) is 12.1. The van der Waals surface area contributed by atoms with E-state index in [-0.39, 0.29) is 12.5 Å². The summed E-state index contributed by atoms with van der Waals surface area (Å²) in [5, 5.41) is 9.50. The lowest BCUT2D eigenvalue weighted by atomic mass is 9.93. The molecule has 17 heavy (non-hydrogen) atoms. The topological polar surface area (TPSA) is 20.2 Å². The molecule has 0 spiro atoms. The minimum absolute atomic E-state index is 0.172. The number of rotatable bonds is 4. The first kappa shape index (κ1) is 12.3. The van der Waals surface area contributed by atoms with Crippen LogP contribution in [0.5, 0.6) is 0 Å². The SMILES string of the molecule is OCC(Cc1cccc(Br)c1)c1ccccc1. The van der Waals surface area contributed by atoms with Crippen LogP contribution in [0.4, 0.5) is 0 Å². The highest BCUT2D eigenvalue weighted by atomic mass is 79.9. The minimum atomic E-state index is 0.172. The molecule has 0 aliphatic carbocycles. The summed E-state index contributed by atoms with van der Waals surface area (Å²) in [6.07, 6.45) is 0.861. The van der Waals surface area contributed by atoms with E-state index in [1.54, 1.807) is 0 Å². The van der Waals surface area contributed by atoms with E-state index in [9.17, 15) is 5.11 Å². The van der Waals surface area contributed by atoms with E-state index in [0.29, 0.717) is 0 Å². The van der Waals surface area contributed by atoms with Crippen LogP contribution in [0.1, 0.15) is 17.0 Å². The minimum Gasteiger partial charge on any atom is -0.396 e. The van der Waals surface area contributed by atoms with Crippen molar-refractivity contribution in [3.63, 3.8) is 0 Å². The van der Waals surface area contributed by atoms with Gasteiger partial charge in [-0.15, -0.1) is 0 Å². The summed E-state index contributed by atoms with van der Waals surface area (Å²) in [6.45, 7) is 0.177. The van der Waals surface area contributed by atoms with Crippen molar-refractivity contribution >= 4 is 15.9 Å². The van der Waals surface area contributed by atoms with Crippen LogP contribution in [0, 0.1) is 0 Å². The van der Waals surface area contributed by atoms with Crippen LogP contribution >= 0.6 is 15.9 Å². The Morgan fingerprint density at radius 3 is 2.41 bits per heavy atom. The monoisotopic (exact) mass is 290 g/mol. The predicted octanol–water partition coefficient (Wildman–Crippen LogP) is 3.77. The van der Waals surface area contributed by atoms with E-state index in [2.05, 4.69) is 40.2 Å². The molecule has 0 aliphatic rings. The first-order valence-electron chi connectivity index (χ1n) is 5.70. The Labute approximate surface area is 110 Å². The molecule has 1 nitrogen and oxygen atoms in total. The molecule has 2 rings (SSSR count). The summed E-state index contributed by atoms with van der Waals surface area (Å²) in [5.41, 5.74) is 2.43. The maximum absolute atomic E-state index is 9.50. The highest BCUT2D eigenvalue weighted by Crippen LogP contribution is 2.22. The molecule has 2 aromatic rings. The second-order valence-corrected chi connectivity index (χ2v) is 5.04. The molecule has 0 bridgehead atoms. The Bertz CT molecular complexity index is 467. The summed E-state index contributed by atoms with van der Waals surface area (Å²) >= 11 is 3.47. The first-order valence-corrected chi connectivity index (χ1v) is 6.49. The van der Waals surface area contributed by atoms with Crippen molar-refractivity contribution in [2.45, 2.75) is 12.3 Å². The largest absolute Gasteiger partial charge is 0.396 e.